The lowest BCUT2D eigenvalue weighted by Gasteiger charge is -2.11. The molecule has 3 nitrogen and oxygen atoms in total. The Labute approximate surface area is 81.3 Å². The van der Waals surface area contributed by atoms with E-state index in [2.05, 4.69) is 11.9 Å². The van der Waals surface area contributed by atoms with Crippen LogP contribution >= 0.6 is 11.3 Å². The number of nitrogens with one attached hydrogen (secondary N) is 1. The first-order chi connectivity index (χ1) is 6.25. The molecule has 0 fully saturated rings. The molecule has 3 N–H and O–H groups in total. The highest BCUT2D eigenvalue weighted by Crippen LogP contribution is 2.18. The zero-order chi connectivity index (χ0) is 9.68. The van der Waals surface area contributed by atoms with Crippen LogP contribution in [0.15, 0.2) is 30.2 Å². The molecular weight excluding hydrogens is 184 g/mol. The highest BCUT2D eigenvalue weighted by Gasteiger charge is 2.16. The number of hydrogen-bond donors (Lipinski definition) is 2. The molecule has 0 aromatic carbocycles. The van der Waals surface area contributed by atoms with Crippen LogP contribution < -0.4 is 11.1 Å². The Morgan fingerprint density at radius 2 is 2.62 bits per heavy atom. The molecule has 0 radical (unpaired) electrons. The summed E-state index contributed by atoms with van der Waals surface area (Å²) in [6.45, 7) is 4.14. The van der Waals surface area contributed by atoms with E-state index in [1.807, 2.05) is 17.5 Å². The average Bonchev–Trinajstić information content (AvgIpc) is 2.57. The summed E-state index contributed by atoms with van der Waals surface area (Å²) in [6, 6.07) is 3.39. The van der Waals surface area contributed by atoms with Crippen LogP contribution in [-0.4, -0.2) is 12.5 Å². The molecule has 1 rings (SSSR count). The molecule has 1 aromatic heterocycles. The molecule has 1 aromatic rings. The fourth-order valence-electron chi connectivity index (χ4n) is 0.998. The van der Waals surface area contributed by atoms with Crippen LogP contribution in [0.1, 0.15) is 10.9 Å². The fraction of sp³-hybridized carbons (Fsp3) is 0.222. The van der Waals surface area contributed by atoms with Gasteiger partial charge in [-0.05, 0) is 11.4 Å². The highest BCUT2D eigenvalue weighted by molar-refractivity contribution is 7.10. The van der Waals surface area contributed by atoms with E-state index in [0.29, 0.717) is 6.54 Å². The SMILES string of the molecule is C=CCNC(C(N)=O)c1cccs1. The minimum absolute atomic E-state index is 0.357. The third-order valence-corrected chi connectivity index (χ3v) is 2.52. The Balaban J connectivity index is 2.68. The summed E-state index contributed by atoms with van der Waals surface area (Å²) in [7, 11) is 0. The molecule has 1 heterocycles. The molecule has 70 valence electrons. The molecule has 1 amide bonds. The van der Waals surface area contributed by atoms with Gasteiger partial charge in [0.1, 0.15) is 6.04 Å². The maximum absolute atomic E-state index is 11.0. The van der Waals surface area contributed by atoms with Gasteiger partial charge in [-0.15, -0.1) is 17.9 Å². The standard InChI is InChI=1S/C9H12N2OS/c1-2-5-11-8(9(10)12)7-4-3-6-13-7/h2-4,6,8,11H,1,5H2,(H2,10,12). The zero-order valence-corrected chi connectivity index (χ0v) is 8.01. The van der Waals surface area contributed by atoms with Crippen molar-refractivity contribution in [2.75, 3.05) is 6.54 Å². The first-order valence-corrected chi connectivity index (χ1v) is 4.80. The number of hydrogen-bond acceptors (Lipinski definition) is 3. The van der Waals surface area contributed by atoms with Crippen LogP contribution in [0.5, 0.6) is 0 Å². The smallest absolute Gasteiger partial charge is 0.240 e. The average molecular weight is 196 g/mol. The lowest BCUT2D eigenvalue weighted by molar-refractivity contribution is -0.120. The summed E-state index contributed by atoms with van der Waals surface area (Å²) in [4.78, 5) is 12.0. The van der Waals surface area contributed by atoms with Crippen LogP contribution in [0.25, 0.3) is 0 Å². The van der Waals surface area contributed by atoms with Gasteiger partial charge in [0, 0.05) is 11.4 Å². The van der Waals surface area contributed by atoms with Crippen molar-refractivity contribution < 1.29 is 4.79 Å². The van der Waals surface area contributed by atoms with Gasteiger partial charge in [-0.2, -0.15) is 0 Å². The molecule has 0 saturated heterocycles. The van der Waals surface area contributed by atoms with E-state index in [0.717, 1.165) is 4.88 Å². The van der Waals surface area contributed by atoms with Crippen molar-refractivity contribution in [1.82, 2.24) is 5.32 Å². The van der Waals surface area contributed by atoms with Gasteiger partial charge in [0.05, 0.1) is 0 Å². The Bertz CT molecular complexity index is 282. The Kier molecular flexibility index (Phi) is 3.67. The first kappa shape index (κ1) is 9.95. The van der Waals surface area contributed by atoms with Gasteiger partial charge < -0.3 is 5.73 Å². The van der Waals surface area contributed by atoms with Crippen LogP contribution in [-0.2, 0) is 4.79 Å². The molecule has 0 aliphatic carbocycles. The molecule has 0 saturated carbocycles. The Hall–Kier alpha value is -1.13. The number of primary amides is 1. The van der Waals surface area contributed by atoms with Crippen molar-refractivity contribution in [1.29, 1.82) is 0 Å². The highest BCUT2D eigenvalue weighted by atomic mass is 32.1. The van der Waals surface area contributed by atoms with Gasteiger partial charge in [-0.1, -0.05) is 12.1 Å². The van der Waals surface area contributed by atoms with Crippen molar-refractivity contribution in [3.05, 3.63) is 35.0 Å². The van der Waals surface area contributed by atoms with Crippen LogP contribution in [0.4, 0.5) is 0 Å². The second-order valence-electron chi connectivity index (χ2n) is 2.55. The molecule has 0 spiro atoms. The molecule has 0 aliphatic heterocycles. The van der Waals surface area contributed by atoms with Crippen molar-refractivity contribution >= 4 is 17.2 Å². The van der Waals surface area contributed by atoms with Crippen molar-refractivity contribution in [2.45, 2.75) is 6.04 Å². The summed E-state index contributed by atoms with van der Waals surface area (Å²) >= 11 is 1.51. The van der Waals surface area contributed by atoms with E-state index in [9.17, 15) is 4.79 Å². The lowest BCUT2D eigenvalue weighted by atomic mass is 10.2. The van der Waals surface area contributed by atoms with Crippen LogP contribution in [0, 0.1) is 0 Å². The van der Waals surface area contributed by atoms with Gasteiger partial charge in [0.2, 0.25) is 5.91 Å². The van der Waals surface area contributed by atoms with Crippen molar-refractivity contribution in [3.63, 3.8) is 0 Å². The van der Waals surface area contributed by atoms with Crippen LogP contribution in [0.2, 0.25) is 0 Å². The lowest BCUT2D eigenvalue weighted by Crippen LogP contribution is -2.33. The second kappa shape index (κ2) is 4.79. The van der Waals surface area contributed by atoms with E-state index in [1.54, 1.807) is 6.08 Å². The van der Waals surface area contributed by atoms with E-state index >= 15 is 0 Å². The van der Waals surface area contributed by atoms with Gasteiger partial charge >= 0.3 is 0 Å². The molecule has 1 atom stereocenters. The molecular formula is C9H12N2OS. The number of thiophene rings is 1. The third-order valence-electron chi connectivity index (χ3n) is 1.58. The molecule has 0 bridgehead atoms. The summed E-state index contributed by atoms with van der Waals surface area (Å²) in [5.41, 5.74) is 5.24. The molecule has 1 unspecified atom stereocenters. The van der Waals surface area contributed by atoms with Gasteiger partial charge in [0.15, 0.2) is 0 Å². The number of carbonyl (C=O) groups excluding carboxylic acids is 1. The minimum atomic E-state index is -0.391. The van der Waals surface area contributed by atoms with E-state index in [1.165, 1.54) is 11.3 Å². The quantitative estimate of drug-likeness (QED) is 0.692. The molecule has 0 aliphatic rings. The predicted octanol–water partition coefficient (Wildman–Crippen LogP) is 1.05. The van der Waals surface area contributed by atoms with Crippen molar-refractivity contribution in [2.24, 2.45) is 5.73 Å². The minimum Gasteiger partial charge on any atom is -0.368 e. The Morgan fingerprint density at radius 1 is 1.85 bits per heavy atom. The van der Waals surface area contributed by atoms with E-state index in [4.69, 9.17) is 5.73 Å². The number of amides is 1. The monoisotopic (exact) mass is 196 g/mol. The topological polar surface area (TPSA) is 55.1 Å². The first-order valence-electron chi connectivity index (χ1n) is 3.92. The van der Waals surface area contributed by atoms with Gasteiger partial charge in [-0.3, -0.25) is 10.1 Å². The van der Waals surface area contributed by atoms with Crippen molar-refractivity contribution in [3.8, 4) is 0 Å². The van der Waals surface area contributed by atoms with E-state index < -0.39 is 6.04 Å². The summed E-state index contributed by atoms with van der Waals surface area (Å²) in [5, 5.41) is 4.91. The second-order valence-corrected chi connectivity index (χ2v) is 3.53. The summed E-state index contributed by atoms with van der Waals surface area (Å²) < 4.78 is 0. The van der Waals surface area contributed by atoms with E-state index in [-0.39, 0.29) is 5.91 Å². The molecule has 13 heavy (non-hydrogen) atoms. The maximum atomic E-state index is 11.0. The molecule has 4 heteroatoms. The Morgan fingerprint density at radius 3 is 3.08 bits per heavy atom. The van der Waals surface area contributed by atoms with Crippen LogP contribution in [0.3, 0.4) is 0 Å². The van der Waals surface area contributed by atoms with Gasteiger partial charge in [0.25, 0.3) is 0 Å². The fourth-order valence-corrected chi connectivity index (χ4v) is 1.81. The predicted molar refractivity (Wildman–Crippen MR) is 54.5 cm³/mol. The summed E-state index contributed by atoms with van der Waals surface area (Å²) in [6.07, 6.45) is 1.70. The van der Waals surface area contributed by atoms with Gasteiger partial charge in [-0.25, -0.2) is 0 Å². The number of carbonyl (C=O) groups is 1. The maximum Gasteiger partial charge on any atom is 0.240 e. The number of nitrogens with two attached hydrogens (primary N) is 1. The number of rotatable bonds is 5. The third kappa shape index (κ3) is 2.68. The largest absolute Gasteiger partial charge is 0.368 e. The zero-order valence-electron chi connectivity index (χ0n) is 7.19. The normalized spacial score (nSPS) is 12.3. The summed E-state index contributed by atoms with van der Waals surface area (Å²) in [5.74, 6) is -0.357.